The summed E-state index contributed by atoms with van der Waals surface area (Å²) in [4.78, 5) is 31.3. The molecule has 1 saturated heterocycles. The van der Waals surface area contributed by atoms with E-state index < -0.39 is 23.5 Å². The van der Waals surface area contributed by atoms with Gasteiger partial charge < -0.3 is 14.7 Å². The fourth-order valence-electron chi connectivity index (χ4n) is 3.77. The Morgan fingerprint density at radius 2 is 1.79 bits per heavy atom. The van der Waals surface area contributed by atoms with Gasteiger partial charge in [-0.1, -0.05) is 30.9 Å². The van der Waals surface area contributed by atoms with E-state index in [1.165, 1.54) is 23.1 Å². The Labute approximate surface area is 190 Å². The third kappa shape index (κ3) is 4.39. The van der Waals surface area contributed by atoms with Gasteiger partial charge in [-0.05, 0) is 48.0 Å². The van der Waals surface area contributed by atoms with Crippen LogP contribution in [-0.2, 0) is 16.1 Å². The number of nitrogens with zero attached hydrogens (tertiary/aromatic N) is 2. The number of benzene rings is 2. The molecule has 1 unspecified atom stereocenters. The molecule has 3 aromatic rings. The van der Waals surface area contributed by atoms with Crippen molar-refractivity contribution in [2.75, 3.05) is 6.61 Å². The van der Waals surface area contributed by atoms with Gasteiger partial charge in [0.05, 0.1) is 11.6 Å². The molecule has 1 aliphatic heterocycles. The van der Waals surface area contributed by atoms with Crippen LogP contribution in [0.2, 0.25) is 0 Å². The topological polar surface area (TPSA) is 79.7 Å². The molecular formula is C26H21FN2O4. The molecule has 0 aliphatic carbocycles. The van der Waals surface area contributed by atoms with Crippen LogP contribution in [-0.4, -0.2) is 33.3 Å². The Morgan fingerprint density at radius 3 is 2.45 bits per heavy atom. The van der Waals surface area contributed by atoms with E-state index in [4.69, 9.17) is 4.74 Å². The Kier molecular flexibility index (Phi) is 6.31. The largest absolute Gasteiger partial charge is 0.507 e. The van der Waals surface area contributed by atoms with Gasteiger partial charge in [-0.25, -0.2) is 4.39 Å². The summed E-state index contributed by atoms with van der Waals surface area (Å²) in [5, 5.41) is 11.1. The summed E-state index contributed by atoms with van der Waals surface area (Å²) in [6.07, 6.45) is 4.74. The zero-order valence-corrected chi connectivity index (χ0v) is 17.6. The molecule has 1 N–H and O–H groups in total. The highest BCUT2D eigenvalue weighted by molar-refractivity contribution is 6.46. The first kappa shape index (κ1) is 22.0. The zero-order valence-electron chi connectivity index (χ0n) is 17.6. The molecule has 1 fully saturated rings. The van der Waals surface area contributed by atoms with Gasteiger partial charge in [0.1, 0.15) is 23.9 Å². The molecule has 33 heavy (non-hydrogen) atoms. The smallest absolute Gasteiger partial charge is 0.295 e. The SMILES string of the molecule is C=CCOc1ccc(/C(O)=C2/C(=O)C(=O)N(Cc3ccncc3)C2c2ccccc2F)cc1. The van der Waals surface area contributed by atoms with E-state index in [2.05, 4.69) is 11.6 Å². The molecule has 166 valence electrons. The van der Waals surface area contributed by atoms with Gasteiger partial charge in [0.15, 0.2) is 0 Å². The molecule has 4 rings (SSSR count). The normalized spacial score (nSPS) is 17.2. The second-order valence-electron chi connectivity index (χ2n) is 7.43. The predicted molar refractivity (Wildman–Crippen MR) is 121 cm³/mol. The molecule has 7 heteroatoms. The van der Waals surface area contributed by atoms with Crippen molar-refractivity contribution in [3.63, 3.8) is 0 Å². The summed E-state index contributed by atoms with van der Waals surface area (Å²) in [5.41, 5.74) is 0.985. The summed E-state index contributed by atoms with van der Waals surface area (Å²) < 4.78 is 20.3. The van der Waals surface area contributed by atoms with Crippen molar-refractivity contribution in [2.45, 2.75) is 12.6 Å². The molecule has 1 amide bonds. The second-order valence-corrected chi connectivity index (χ2v) is 7.43. The molecule has 0 saturated carbocycles. The van der Waals surface area contributed by atoms with Crippen LogP contribution < -0.4 is 4.74 Å². The third-order valence-electron chi connectivity index (χ3n) is 5.34. The number of Topliss-reactive ketones (excluding diaryl/α,β-unsaturated/α-hetero) is 1. The van der Waals surface area contributed by atoms with Crippen molar-refractivity contribution in [1.82, 2.24) is 9.88 Å². The summed E-state index contributed by atoms with van der Waals surface area (Å²) in [5.74, 6) is -2.10. The summed E-state index contributed by atoms with van der Waals surface area (Å²) >= 11 is 0. The molecule has 0 spiro atoms. The van der Waals surface area contributed by atoms with Crippen molar-refractivity contribution in [2.24, 2.45) is 0 Å². The first-order valence-electron chi connectivity index (χ1n) is 10.3. The monoisotopic (exact) mass is 444 g/mol. The van der Waals surface area contributed by atoms with Crippen molar-refractivity contribution in [1.29, 1.82) is 0 Å². The lowest BCUT2D eigenvalue weighted by atomic mass is 9.94. The number of aliphatic hydroxyl groups excluding tert-OH is 1. The third-order valence-corrected chi connectivity index (χ3v) is 5.34. The maximum atomic E-state index is 14.8. The highest BCUT2D eigenvalue weighted by Gasteiger charge is 2.46. The van der Waals surface area contributed by atoms with E-state index in [-0.39, 0.29) is 23.4 Å². The molecule has 1 aromatic heterocycles. The fraction of sp³-hybridized carbons (Fsp3) is 0.115. The summed E-state index contributed by atoms with van der Waals surface area (Å²) in [6.45, 7) is 3.96. The van der Waals surface area contributed by atoms with Crippen LogP contribution in [0.3, 0.4) is 0 Å². The van der Waals surface area contributed by atoms with Gasteiger partial charge in [0.2, 0.25) is 0 Å². The van der Waals surface area contributed by atoms with E-state index in [0.717, 1.165) is 5.56 Å². The molecular weight excluding hydrogens is 423 g/mol. The minimum atomic E-state index is -1.09. The number of rotatable bonds is 7. The molecule has 0 radical (unpaired) electrons. The second kappa shape index (κ2) is 9.48. The number of hydrogen-bond donors (Lipinski definition) is 1. The van der Waals surface area contributed by atoms with E-state index in [9.17, 15) is 19.1 Å². The Balaban J connectivity index is 1.81. The number of pyridine rings is 1. The van der Waals surface area contributed by atoms with Gasteiger partial charge in [-0.3, -0.25) is 14.6 Å². The first-order valence-corrected chi connectivity index (χ1v) is 10.3. The average Bonchev–Trinajstić information content (AvgIpc) is 3.08. The van der Waals surface area contributed by atoms with E-state index >= 15 is 0 Å². The van der Waals surface area contributed by atoms with Crippen LogP contribution in [0.15, 0.2) is 91.3 Å². The number of ether oxygens (including phenoxy) is 1. The fourth-order valence-corrected chi connectivity index (χ4v) is 3.77. The number of carbonyl (C=O) groups is 2. The Bertz CT molecular complexity index is 1220. The maximum Gasteiger partial charge on any atom is 0.295 e. The molecule has 6 nitrogen and oxygen atoms in total. The molecule has 2 aromatic carbocycles. The number of halogens is 1. The highest BCUT2D eigenvalue weighted by Crippen LogP contribution is 2.41. The quantitative estimate of drug-likeness (QED) is 0.253. The van der Waals surface area contributed by atoms with Crippen LogP contribution >= 0.6 is 0 Å². The van der Waals surface area contributed by atoms with Crippen molar-refractivity contribution in [3.05, 3.63) is 114 Å². The van der Waals surface area contributed by atoms with Gasteiger partial charge in [0, 0.05) is 30.1 Å². The van der Waals surface area contributed by atoms with Crippen LogP contribution in [0.1, 0.15) is 22.7 Å². The van der Waals surface area contributed by atoms with Crippen LogP contribution in [0.5, 0.6) is 5.75 Å². The van der Waals surface area contributed by atoms with Crippen LogP contribution in [0.4, 0.5) is 4.39 Å². The molecule has 1 atom stereocenters. The lowest BCUT2D eigenvalue weighted by Crippen LogP contribution is -2.29. The lowest BCUT2D eigenvalue weighted by molar-refractivity contribution is -0.140. The van der Waals surface area contributed by atoms with Gasteiger partial charge >= 0.3 is 0 Å². The van der Waals surface area contributed by atoms with E-state index in [1.54, 1.807) is 60.9 Å². The summed E-state index contributed by atoms with van der Waals surface area (Å²) in [7, 11) is 0. The first-order chi connectivity index (χ1) is 16.0. The predicted octanol–water partition coefficient (Wildman–Crippen LogP) is 4.41. The van der Waals surface area contributed by atoms with Gasteiger partial charge in [-0.15, -0.1) is 0 Å². The van der Waals surface area contributed by atoms with E-state index in [1.807, 2.05) is 0 Å². The number of amides is 1. The number of likely N-dealkylation sites (tertiary alicyclic amines) is 1. The van der Waals surface area contributed by atoms with Crippen molar-refractivity contribution < 1.29 is 23.8 Å². The molecule has 0 bridgehead atoms. The lowest BCUT2D eigenvalue weighted by Gasteiger charge is -2.25. The standard InChI is InChI=1S/C26H21FN2O4/c1-2-15-33-19-9-7-18(8-10-19)24(30)22-23(20-5-3-4-6-21(20)27)29(26(32)25(22)31)16-17-11-13-28-14-12-17/h2-14,23,30H,1,15-16H2/b24-22-. The Hall–Kier alpha value is -4.26. The maximum absolute atomic E-state index is 14.8. The molecule has 2 heterocycles. The highest BCUT2D eigenvalue weighted by atomic mass is 19.1. The number of aliphatic hydroxyl groups is 1. The van der Waals surface area contributed by atoms with Crippen molar-refractivity contribution >= 4 is 17.4 Å². The van der Waals surface area contributed by atoms with Crippen LogP contribution in [0, 0.1) is 5.82 Å². The number of aromatic nitrogens is 1. The number of ketones is 1. The minimum absolute atomic E-state index is 0.0528. The van der Waals surface area contributed by atoms with Gasteiger partial charge in [-0.2, -0.15) is 0 Å². The van der Waals surface area contributed by atoms with Crippen molar-refractivity contribution in [3.8, 4) is 5.75 Å². The number of hydrogen-bond acceptors (Lipinski definition) is 5. The number of carbonyl (C=O) groups excluding carboxylic acids is 2. The van der Waals surface area contributed by atoms with E-state index in [0.29, 0.717) is 17.9 Å². The Morgan fingerprint density at radius 1 is 1.09 bits per heavy atom. The summed E-state index contributed by atoms with van der Waals surface area (Å²) in [6, 6.07) is 14.6. The van der Waals surface area contributed by atoms with Gasteiger partial charge in [0.25, 0.3) is 11.7 Å². The minimum Gasteiger partial charge on any atom is -0.507 e. The van der Waals surface area contributed by atoms with Crippen LogP contribution in [0.25, 0.3) is 5.76 Å². The molecule has 1 aliphatic rings. The zero-order chi connectivity index (χ0) is 23.4. The average molecular weight is 444 g/mol.